The number of hydrogen-bond donors (Lipinski definition) is 2. The molecule has 7 heteroatoms. The van der Waals surface area contributed by atoms with Gasteiger partial charge in [0.05, 0.1) is 0 Å². The third kappa shape index (κ3) is 512. The van der Waals surface area contributed by atoms with Crippen LogP contribution in [0.25, 0.3) is 0 Å². The molecule has 0 heterocycles. The fourth-order valence-electron chi connectivity index (χ4n) is 0. The van der Waals surface area contributed by atoms with Crippen molar-refractivity contribution in [2.45, 2.75) is 22.8 Å². The fraction of sp³-hybridized carbons (Fsp3) is 1.00. The molecule has 0 spiro atoms. The van der Waals surface area contributed by atoms with Crippen LogP contribution in [0, 0.1) is 0 Å². The molecule has 0 amide bonds. The maximum atomic E-state index is 9.83. The monoisotopic (exact) mass is 300 g/mol. The minimum Gasteiger partial charge on any atom is 0 e. The molecule has 0 saturated carbocycles. The van der Waals surface area contributed by atoms with E-state index in [0.717, 1.165) is 0 Å². The van der Waals surface area contributed by atoms with Gasteiger partial charge in [0.1, 0.15) is 0 Å². The Hall–Kier alpha value is 1.40. The Morgan fingerprint density at radius 3 is 0.818 bits per heavy atom. The van der Waals surface area contributed by atoms with E-state index < -0.39 is 27.7 Å². The predicted molar refractivity (Wildman–Crippen MR) is 46.5 cm³/mol. The molecule has 66 valence electrons. The van der Waals surface area contributed by atoms with Crippen molar-refractivity contribution < 1.29 is 15.7 Å². The van der Waals surface area contributed by atoms with Crippen LogP contribution in [0.5, 0.6) is 0 Å². The first kappa shape index (κ1) is 18.2. The van der Waals surface area contributed by atoms with Crippen LogP contribution in [0.2, 0.25) is 22.8 Å². The molecule has 2 N–H and O–H groups in total. The molecule has 0 aromatic carbocycles. The normalized spacial score (nSPS) is 10.7. The van der Waals surface area contributed by atoms with E-state index in [9.17, 15) is 7.48 Å². The van der Waals surface area contributed by atoms with Gasteiger partial charge in [0.25, 0.3) is 0 Å². The minimum absolute atomic E-state index is 0. The Morgan fingerprint density at radius 1 is 0.818 bits per heavy atom. The molecule has 0 aliphatic rings. The van der Waals surface area contributed by atoms with Gasteiger partial charge in [-0.2, -0.15) is 0 Å². The van der Waals surface area contributed by atoms with Crippen LogP contribution in [0.4, 0.5) is 0 Å². The average Bonchev–Trinajstić information content (AvgIpc) is 1.12. The summed E-state index contributed by atoms with van der Waals surface area (Å²) in [6.45, 7) is 0. The first-order chi connectivity index (χ1) is 4.00. The topological polar surface area (TPSA) is 74.6 Å². The molecule has 0 saturated heterocycles. The molecule has 11 heavy (non-hydrogen) atoms. The molecule has 0 atom stereocenters. The molecule has 0 rings (SSSR count). The van der Waals surface area contributed by atoms with Gasteiger partial charge in [-0.25, -0.2) is 0 Å². The summed E-state index contributed by atoms with van der Waals surface area (Å²) in [4.78, 5) is 0. The van der Waals surface area contributed by atoms with Crippen molar-refractivity contribution in [1.82, 2.24) is 0 Å². The second kappa shape index (κ2) is 6.87. The molecule has 0 aromatic heterocycles. The quantitative estimate of drug-likeness (QED) is 0.610. The minimum atomic E-state index is -3.12. The molecular weight excluding hydrogens is 286 g/mol. The van der Waals surface area contributed by atoms with Crippen LogP contribution >= 0.6 is 0 Å². The summed E-state index contributed by atoms with van der Waals surface area (Å²) < 4.78 is 35.9. The van der Waals surface area contributed by atoms with Crippen molar-refractivity contribution in [3.63, 3.8) is 0 Å². The third-order valence-corrected chi connectivity index (χ3v) is 0. The maximum absolute atomic E-state index is 9.83. The van der Waals surface area contributed by atoms with Crippen LogP contribution in [-0.4, -0.2) is 58.9 Å². The van der Waals surface area contributed by atoms with E-state index >= 15 is 0 Å². The smallest absolute Gasteiger partial charge is 0 e. The van der Waals surface area contributed by atoms with E-state index in [4.69, 9.17) is 8.19 Å². The molecule has 0 aliphatic heterocycles. The Bertz CT molecular complexity index is 132. The summed E-state index contributed by atoms with van der Waals surface area (Å²) in [5, 5.41) is 0. The van der Waals surface area contributed by atoms with Crippen LogP contribution in [-0.2, 0) is 7.48 Å². The van der Waals surface area contributed by atoms with Crippen molar-refractivity contribution in [3.8, 4) is 0 Å². The Morgan fingerprint density at radius 2 is 0.818 bits per heavy atom. The van der Waals surface area contributed by atoms with Gasteiger partial charge in [-0.3, -0.25) is 0 Å². The van der Waals surface area contributed by atoms with Crippen molar-refractivity contribution in [3.05, 3.63) is 0 Å². The van der Waals surface area contributed by atoms with E-state index in [2.05, 4.69) is 0 Å². The van der Waals surface area contributed by atoms with Crippen LogP contribution in [0.3, 0.4) is 0 Å². The van der Waals surface area contributed by atoms with Gasteiger partial charge in [0.2, 0.25) is 0 Å². The second-order valence-corrected chi connectivity index (χ2v) is 13.4. The summed E-state index contributed by atoms with van der Waals surface area (Å²) in [5.74, 6) is 0. The zero-order chi connectivity index (χ0) is 9.00. The largest absolute Gasteiger partial charge is 0 e. The van der Waals surface area contributed by atoms with Crippen molar-refractivity contribution in [1.29, 1.82) is 0 Å². The van der Waals surface area contributed by atoms with E-state index in [1.807, 2.05) is 0 Å². The zero-order valence-corrected chi connectivity index (χ0v) is 12.5. The summed E-state index contributed by atoms with van der Waals surface area (Å²) in [7, 11) is 0. The predicted octanol–water partition coefficient (Wildman–Crippen LogP) is -0.159. The van der Waals surface area contributed by atoms with Crippen LogP contribution in [0.15, 0.2) is 0 Å². The van der Waals surface area contributed by atoms with E-state index in [1.54, 1.807) is 0 Å². The molecule has 0 aliphatic carbocycles. The summed E-state index contributed by atoms with van der Waals surface area (Å²) in [6.07, 6.45) is 0. The van der Waals surface area contributed by atoms with Crippen LogP contribution in [0.1, 0.15) is 0 Å². The molecule has 0 fully saturated rings. The summed E-state index contributed by atoms with van der Waals surface area (Å²) in [6, 6.07) is 0. The summed E-state index contributed by atoms with van der Waals surface area (Å²) in [5.41, 5.74) is 5.44. The van der Waals surface area contributed by atoms with Gasteiger partial charge in [0, 0.05) is 23.1 Å². The van der Waals surface area contributed by atoms with E-state index in [1.165, 1.54) is 22.8 Å². The molecule has 0 unspecified atom stereocenters. The summed E-state index contributed by atoms with van der Waals surface area (Å²) >= 11 is -6.25. The zero-order valence-electron chi connectivity index (χ0n) is 7.31. The average molecular weight is 300 g/mol. The van der Waals surface area contributed by atoms with Crippen molar-refractivity contribution in [2.75, 3.05) is 0 Å². The Labute approximate surface area is 88.6 Å². The first-order valence-electron chi connectivity index (χ1n) is 2.55. The molecular formula is C4H14As2MgO4. The van der Waals surface area contributed by atoms with Gasteiger partial charge >= 0.3 is 66.2 Å². The number of hydrogen-bond acceptors (Lipinski definition) is 2. The van der Waals surface area contributed by atoms with Crippen molar-refractivity contribution in [2.24, 2.45) is 0 Å². The van der Waals surface area contributed by atoms with Crippen molar-refractivity contribution >= 4 is 50.7 Å². The Balaban J connectivity index is -0.000000107. The standard InChI is InChI=1S/2C2H7AsO2.Mg/c2*1-3(2,4)5;/h2*1-2H3,(H,4,5);. The van der Waals surface area contributed by atoms with Gasteiger partial charge in [-0.05, 0) is 0 Å². The SMILES string of the molecule is C[As](C)(=O)O.C[As](C)(=O)O.[Mg]. The molecule has 4 nitrogen and oxygen atoms in total. The second-order valence-electron chi connectivity index (χ2n) is 2.59. The third-order valence-electron chi connectivity index (χ3n) is 0. The van der Waals surface area contributed by atoms with E-state index in [-0.39, 0.29) is 23.1 Å². The van der Waals surface area contributed by atoms with Gasteiger partial charge in [0.15, 0.2) is 0 Å². The van der Waals surface area contributed by atoms with Gasteiger partial charge in [-0.1, -0.05) is 0 Å². The first-order valence-corrected chi connectivity index (χ1v) is 13.3. The molecule has 0 aromatic rings. The van der Waals surface area contributed by atoms with Gasteiger partial charge in [-0.15, -0.1) is 0 Å². The molecule has 0 bridgehead atoms. The fourth-order valence-corrected chi connectivity index (χ4v) is 0. The molecule has 2 radical (unpaired) electrons. The number of rotatable bonds is 0. The van der Waals surface area contributed by atoms with Crippen LogP contribution < -0.4 is 0 Å². The maximum Gasteiger partial charge on any atom is 0 e. The van der Waals surface area contributed by atoms with E-state index in [0.29, 0.717) is 0 Å². The van der Waals surface area contributed by atoms with Gasteiger partial charge < -0.3 is 0 Å². The Kier molecular flexibility index (Phi) is 11.4.